The van der Waals surface area contributed by atoms with Crippen molar-refractivity contribution in [2.24, 2.45) is 5.73 Å². The zero-order valence-electron chi connectivity index (χ0n) is 9.64. The number of rotatable bonds is 3. The van der Waals surface area contributed by atoms with Crippen LogP contribution in [0.2, 0.25) is 5.15 Å². The molecule has 0 spiro atoms. The summed E-state index contributed by atoms with van der Waals surface area (Å²) in [7, 11) is 0. The summed E-state index contributed by atoms with van der Waals surface area (Å²) in [6.07, 6.45) is 1.33. The zero-order valence-corrected chi connectivity index (χ0v) is 12.0. The number of nitrogens with two attached hydrogens (primary N) is 1. The van der Waals surface area contributed by atoms with Crippen LogP contribution in [0, 0.1) is 0 Å². The largest absolute Gasteiger partial charge is 0.366 e. The van der Waals surface area contributed by atoms with Crippen LogP contribution in [0.3, 0.4) is 0 Å². The van der Waals surface area contributed by atoms with Gasteiger partial charge in [0.2, 0.25) is 5.91 Å². The molecule has 5 nitrogen and oxygen atoms in total. The van der Waals surface area contributed by atoms with Crippen LogP contribution < -0.4 is 11.3 Å². The normalized spacial score (nSPS) is 10.4. The van der Waals surface area contributed by atoms with Gasteiger partial charge < -0.3 is 5.73 Å². The minimum Gasteiger partial charge on any atom is -0.366 e. The molecule has 2 aromatic rings. The SMILES string of the molecule is NC(=O)c1ccccc1Cn1cnc(Cl)c(Br)c1=O. The van der Waals surface area contributed by atoms with E-state index < -0.39 is 5.91 Å². The zero-order chi connectivity index (χ0) is 14.0. The van der Waals surface area contributed by atoms with E-state index >= 15 is 0 Å². The second kappa shape index (κ2) is 5.54. The number of hydrogen-bond donors (Lipinski definition) is 1. The lowest BCUT2D eigenvalue weighted by atomic mass is 10.1. The van der Waals surface area contributed by atoms with Gasteiger partial charge in [0.05, 0.1) is 12.9 Å². The minimum absolute atomic E-state index is 0.101. The van der Waals surface area contributed by atoms with Crippen molar-refractivity contribution < 1.29 is 4.79 Å². The predicted octanol–water partition coefficient (Wildman–Crippen LogP) is 1.81. The molecule has 7 heteroatoms. The molecule has 1 aromatic carbocycles. The fourth-order valence-electron chi connectivity index (χ4n) is 1.64. The average Bonchev–Trinajstić information content (AvgIpc) is 2.40. The molecule has 0 aliphatic carbocycles. The van der Waals surface area contributed by atoms with Crippen molar-refractivity contribution in [3.63, 3.8) is 0 Å². The monoisotopic (exact) mass is 341 g/mol. The lowest BCUT2D eigenvalue weighted by Gasteiger charge is -2.09. The Hall–Kier alpha value is -1.66. The molecule has 0 atom stereocenters. The molecule has 1 aromatic heterocycles. The standard InChI is InChI=1S/C12H9BrClN3O2/c13-9-10(14)16-6-17(12(9)19)5-7-3-1-2-4-8(7)11(15)18/h1-4,6H,5H2,(H2,15,18). The van der Waals surface area contributed by atoms with Crippen LogP contribution in [0.5, 0.6) is 0 Å². The summed E-state index contributed by atoms with van der Waals surface area (Å²) in [5, 5.41) is 0.101. The molecule has 98 valence electrons. The molecule has 19 heavy (non-hydrogen) atoms. The second-order valence-corrected chi connectivity index (χ2v) is 4.95. The Morgan fingerprint density at radius 2 is 2.11 bits per heavy atom. The highest BCUT2D eigenvalue weighted by molar-refractivity contribution is 9.10. The van der Waals surface area contributed by atoms with Gasteiger partial charge in [-0.1, -0.05) is 29.8 Å². The van der Waals surface area contributed by atoms with Gasteiger partial charge in [-0.2, -0.15) is 0 Å². The van der Waals surface area contributed by atoms with Gasteiger partial charge in [-0.15, -0.1) is 0 Å². The third kappa shape index (κ3) is 2.85. The van der Waals surface area contributed by atoms with E-state index in [1.54, 1.807) is 24.3 Å². The van der Waals surface area contributed by atoms with E-state index in [0.717, 1.165) is 0 Å². The highest BCUT2D eigenvalue weighted by Gasteiger charge is 2.11. The Labute approximate surface area is 122 Å². The van der Waals surface area contributed by atoms with Crippen LogP contribution in [0.4, 0.5) is 0 Å². The average molecular weight is 343 g/mol. The second-order valence-electron chi connectivity index (χ2n) is 3.80. The summed E-state index contributed by atoms with van der Waals surface area (Å²) in [5.41, 5.74) is 5.99. The third-order valence-electron chi connectivity index (χ3n) is 2.56. The molecule has 1 heterocycles. The van der Waals surface area contributed by atoms with Crippen LogP contribution in [-0.2, 0) is 6.54 Å². The van der Waals surface area contributed by atoms with Gasteiger partial charge in [0.25, 0.3) is 5.56 Å². The number of primary amides is 1. The summed E-state index contributed by atoms with van der Waals surface area (Å²) in [6, 6.07) is 6.82. The number of carbonyl (C=O) groups is 1. The van der Waals surface area contributed by atoms with Gasteiger partial charge in [-0.3, -0.25) is 14.2 Å². The summed E-state index contributed by atoms with van der Waals surface area (Å²) in [4.78, 5) is 27.1. The van der Waals surface area contributed by atoms with Crippen molar-refractivity contribution in [2.45, 2.75) is 6.54 Å². The van der Waals surface area contributed by atoms with Crippen LogP contribution in [0.15, 0.2) is 39.9 Å². The fourth-order valence-corrected chi connectivity index (χ4v) is 2.09. The Morgan fingerprint density at radius 3 is 2.79 bits per heavy atom. The molecule has 0 aliphatic heterocycles. The Morgan fingerprint density at radius 1 is 1.42 bits per heavy atom. The lowest BCUT2D eigenvalue weighted by Crippen LogP contribution is -2.23. The van der Waals surface area contributed by atoms with Crippen molar-refractivity contribution in [3.05, 3.63) is 61.7 Å². The van der Waals surface area contributed by atoms with E-state index in [4.69, 9.17) is 17.3 Å². The summed E-state index contributed by atoms with van der Waals surface area (Å²) >= 11 is 8.80. The first-order chi connectivity index (χ1) is 9.00. The van der Waals surface area contributed by atoms with Crippen molar-refractivity contribution in [3.8, 4) is 0 Å². The highest BCUT2D eigenvalue weighted by Crippen LogP contribution is 2.15. The lowest BCUT2D eigenvalue weighted by molar-refractivity contribution is 0.0999. The maximum Gasteiger partial charge on any atom is 0.269 e. The van der Waals surface area contributed by atoms with E-state index in [1.165, 1.54) is 10.9 Å². The van der Waals surface area contributed by atoms with E-state index in [1.807, 2.05) is 0 Å². The number of benzene rings is 1. The predicted molar refractivity (Wildman–Crippen MR) is 75.3 cm³/mol. The summed E-state index contributed by atoms with van der Waals surface area (Å²) in [6.45, 7) is 0.195. The van der Waals surface area contributed by atoms with Crippen molar-refractivity contribution in [1.82, 2.24) is 9.55 Å². The molecule has 2 N–H and O–H groups in total. The van der Waals surface area contributed by atoms with Crippen LogP contribution in [0.1, 0.15) is 15.9 Å². The van der Waals surface area contributed by atoms with E-state index in [9.17, 15) is 9.59 Å². The maximum absolute atomic E-state index is 12.0. The molecule has 0 unspecified atom stereocenters. The van der Waals surface area contributed by atoms with Crippen molar-refractivity contribution in [1.29, 1.82) is 0 Å². The summed E-state index contributed by atoms with van der Waals surface area (Å²) < 4.78 is 1.53. The van der Waals surface area contributed by atoms with Gasteiger partial charge in [0, 0.05) is 5.56 Å². The van der Waals surface area contributed by atoms with Gasteiger partial charge in [0.15, 0.2) is 5.15 Å². The Balaban J connectivity index is 2.46. The molecule has 1 amide bonds. The minimum atomic E-state index is -0.537. The Kier molecular flexibility index (Phi) is 4.01. The molecule has 2 rings (SSSR count). The molecule has 0 saturated heterocycles. The number of amides is 1. The van der Waals surface area contributed by atoms with Gasteiger partial charge in [-0.05, 0) is 27.6 Å². The quantitative estimate of drug-likeness (QED) is 0.864. The van der Waals surface area contributed by atoms with Gasteiger partial charge in [-0.25, -0.2) is 4.98 Å². The maximum atomic E-state index is 12.0. The Bertz CT molecular complexity index is 700. The number of hydrogen-bond acceptors (Lipinski definition) is 3. The van der Waals surface area contributed by atoms with Gasteiger partial charge in [0.1, 0.15) is 4.47 Å². The fraction of sp³-hybridized carbons (Fsp3) is 0.0833. The van der Waals surface area contributed by atoms with E-state index in [0.29, 0.717) is 11.1 Å². The topological polar surface area (TPSA) is 78.0 Å². The summed E-state index contributed by atoms with van der Waals surface area (Å²) in [5.74, 6) is -0.537. The first-order valence-corrected chi connectivity index (χ1v) is 6.46. The van der Waals surface area contributed by atoms with Gasteiger partial charge >= 0.3 is 0 Å². The van der Waals surface area contributed by atoms with Crippen LogP contribution >= 0.6 is 27.5 Å². The van der Waals surface area contributed by atoms with E-state index in [-0.39, 0.29) is 21.7 Å². The molecule has 0 saturated carbocycles. The number of carbonyl (C=O) groups excluding carboxylic acids is 1. The number of halogens is 2. The first-order valence-electron chi connectivity index (χ1n) is 5.29. The van der Waals surface area contributed by atoms with Crippen LogP contribution in [0.25, 0.3) is 0 Å². The molecule has 0 aliphatic rings. The number of nitrogens with zero attached hydrogens (tertiary/aromatic N) is 2. The van der Waals surface area contributed by atoms with Crippen molar-refractivity contribution >= 4 is 33.4 Å². The molecule has 0 radical (unpaired) electrons. The smallest absolute Gasteiger partial charge is 0.269 e. The van der Waals surface area contributed by atoms with E-state index in [2.05, 4.69) is 20.9 Å². The molecule has 0 fully saturated rings. The third-order valence-corrected chi connectivity index (χ3v) is 3.79. The van der Waals surface area contributed by atoms with Crippen molar-refractivity contribution in [2.75, 3.05) is 0 Å². The first kappa shape index (κ1) is 13.8. The molecular formula is C12H9BrClN3O2. The van der Waals surface area contributed by atoms with Crippen LogP contribution in [-0.4, -0.2) is 15.5 Å². The highest BCUT2D eigenvalue weighted by atomic mass is 79.9. The molecular weight excluding hydrogens is 334 g/mol. The number of aromatic nitrogens is 2. The molecule has 0 bridgehead atoms.